The van der Waals surface area contributed by atoms with Crippen LogP contribution in [-0.4, -0.2) is 40.6 Å². The number of hydrogen-bond acceptors (Lipinski definition) is 5. The third-order valence-electron chi connectivity index (χ3n) is 3.36. The van der Waals surface area contributed by atoms with Crippen LogP contribution in [0.5, 0.6) is 0 Å². The molecule has 1 saturated heterocycles. The zero-order chi connectivity index (χ0) is 17.9. The molecule has 0 spiro atoms. The minimum Gasteiger partial charge on any atom is -0.447 e. The van der Waals surface area contributed by atoms with Gasteiger partial charge in [0.2, 0.25) is 5.91 Å². The maximum atomic E-state index is 12.4. The fourth-order valence-electron chi connectivity index (χ4n) is 2.45. The molecular weight excluding hydrogens is 310 g/mol. The van der Waals surface area contributed by atoms with Crippen molar-refractivity contribution in [2.45, 2.75) is 51.9 Å². The molecule has 24 heavy (non-hydrogen) atoms. The molecule has 0 aromatic heterocycles. The number of esters is 1. The Labute approximate surface area is 141 Å². The van der Waals surface area contributed by atoms with Gasteiger partial charge in [0.05, 0.1) is 5.92 Å². The van der Waals surface area contributed by atoms with Crippen LogP contribution in [-0.2, 0) is 19.1 Å². The third-order valence-corrected chi connectivity index (χ3v) is 3.36. The highest BCUT2D eigenvalue weighted by Gasteiger charge is 2.56. The van der Waals surface area contributed by atoms with Gasteiger partial charge in [-0.15, -0.1) is 0 Å². The lowest BCUT2D eigenvalue weighted by Gasteiger charge is -2.46. The second kappa shape index (κ2) is 6.80. The summed E-state index contributed by atoms with van der Waals surface area (Å²) in [5.74, 6) is 9.62. The maximum Gasteiger partial charge on any atom is 0.417 e. The van der Waals surface area contributed by atoms with E-state index in [0.717, 1.165) is 4.90 Å². The zero-order valence-electron chi connectivity index (χ0n) is 14.1. The van der Waals surface area contributed by atoms with Gasteiger partial charge in [-0.25, -0.2) is 9.69 Å². The van der Waals surface area contributed by atoms with Crippen molar-refractivity contribution < 1.29 is 23.9 Å². The summed E-state index contributed by atoms with van der Waals surface area (Å²) in [7, 11) is 0. The van der Waals surface area contributed by atoms with Crippen LogP contribution in [0.15, 0.2) is 12.2 Å². The SMILES string of the molecule is CC(=O)OC1C#C/C=C\C#CCC2C(=O)N(C(=O)OC(C)(C)C)C12. The summed E-state index contributed by atoms with van der Waals surface area (Å²) < 4.78 is 10.5. The second-order valence-electron chi connectivity index (χ2n) is 6.46. The molecule has 6 heteroatoms. The van der Waals surface area contributed by atoms with E-state index in [-0.39, 0.29) is 6.42 Å². The van der Waals surface area contributed by atoms with Crippen LogP contribution in [0, 0.1) is 29.6 Å². The number of carbonyl (C=O) groups is 3. The van der Waals surface area contributed by atoms with Gasteiger partial charge in [-0.1, -0.05) is 23.7 Å². The summed E-state index contributed by atoms with van der Waals surface area (Å²) >= 11 is 0. The summed E-state index contributed by atoms with van der Waals surface area (Å²) in [6.45, 7) is 6.38. The van der Waals surface area contributed by atoms with Gasteiger partial charge >= 0.3 is 12.1 Å². The number of imide groups is 1. The maximum absolute atomic E-state index is 12.4. The minimum absolute atomic E-state index is 0.257. The van der Waals surface area contributed by atoms with Crippen molar-refractivity contribution in [2.24, 2.45) is 5.92 Å². The number of nitrogens with zero attached hydrogens (tertiary/aromatic N) is 1. The quantitative estimate of drug-likeness (QED) is 0.415. The topological polar surface area (TPSA) is 72.9 Å². The first-order valence-electron chi connectivity index (χ1n) is 7.58. The van der Waals surface area contributed by atoms with Crippen molar-refractivity contribution in [3.8, 4) is 23.7 Å². The predicted molar refractivity (Wildman–Crippen MR) is 85.2 cm³/mol. The summed E-state index contributed by atoms with van der Waals surface area (Å²) in [5, 5.41) is 0. The smallest absolute Gasteiger partial charge is 0.417 e. The summed E-state index contributed by atoms with van der Waals surface area (Å²) in [5.41, 5.74) is -0.746. The number of amides is 2. The lowest BCUT2D eigenvalue weighted by molar-refractivity contribution is -0.167. The molecule has 0 saturated carbocycles. The van der Waals surface area contributed by atoms with Crippen LogP contribution in [0.2, 0.25) is 0 Å². The van der Waals surface area contributed by atoms with Gasteiger partial charge < -0.3 is 9.47 Å². The van der Waals surface area contributed by atoms with Crippen LogP contribution in [0.25, 0.3) is 0 Å². The fraction of sp³-hybridized carbons (Fsp3) is 0.500. The highest BCUT2D eigenvalue weighted by Crippen LogP contribution is 2.34. The molecule has 1 heterocycles. The van der Waals surface area contributed by atoms with E-state index < -0.39 is 41.6 Å². The fourth-order valence-corrected chi connectivity index (χ4v) is 2.45. The highest BCUT2D eigenvalue weighted by atomic mass is 16.6. The van der Waals surface area contributed by atoms with E-state index in [1.54, 1.807) is 26.8 Å². The van der Waals surface area contributed by atoms with Crippen molar-refractivity contribution in [3.63, 3.8) is 0 Å². The molecule has 2 aliphatic rings. The van der Waals surface area contributed by atoms with Gasteiger partial charge in [-0.3, -0.25) is 9.59 Å². The third kappa shape index (κ3) is 3.97. The molecule has 0 radical (unpaired) electrons. The monoisotopic (exact) mass is 329 g/mol. The van der Waals surface area contributed by atoms with Crippen LogP contribution in [0.3, 0.4) is 0 Å². The number of rotatable bonds is 1. The van der Waals surface area contributed by atoms with E-state index in [1.165, 1.54) is 13.0 Å². The van der Waals surface area contributed by atoms with Gasteiger partial charge in [0, 0.05) is 13.3 Å². The van der Waals surface area contributed by atoms with Gasteiger partial charge in [0.1, 0.15) is 11.6 Å². The summed E-state index contributed by atoms with van der Waals surface area (Å²) in [4.78, 5) is 37.1. The molecule has 2 amide bonds. The van der Waals surface area contributed by atoms with E-state index in [9.17, 15) is 14.4 Å². The van der Waals surface area contributed by atoms with Crippen LogP contribution < -0.4 is 0 Å². The Bertz CT molecular complexity index is 708. The molecule has 6 nitrogen and oxygen atoms in total. The Morgan fingerprint density at radius 3 is 2.54 bits per heavy atom. The average molecular weight is 329 g/mol. The molecule has 1 aliphatic carbocycles. The van der Waals surface area contributed by atoms with Gasteiger partial charge in [0.25, 0.3) is 0 Å². The molecule has 3 unspecified atom stereocenters. The number of ether oxygens (including phenoxy) is 2. The Balaban J connectivity index is 2.33. The average Bonchev–Trinajstić information content (AvgIpc) is 2.43. The van der Waals surface area contributed by atoms with Gasteiger partial charge in [-0.2, -0.15) is 0 Å². The molecule has 0 aromatic carbocycles. The van der Waals surface area contributed by atoms with Gasteiger partial charge in [-0.05, 0) is 32.9 Å². The van der Waals surface area contributed by atoms with E-state index in [0.29, 0.717) is 0 Å². The van der Waals surface area contributed by atoms with Crippen LogP contribution >= 0.6 is 0 Å². The van der Waals surface area contributed by atoms with Gasteiger partial charge in [0.15, 0.2) is 6.10 Å². The van der Waals surface area contributed by atoms with Crippen molar-refractivity contribution in [3.05, 3.63) is 12.2 Å². The minimum atomic E-state index is -0.915. The number of carbonyl (C=O) groups excluding carboxylic acids is 3. The Kier molecular flexibility index (Phi) is 4.99. The van der Waals surface area contributed by atoms with Crippen molar-refractivity contribution >= 4 is 18.0 Å². The Hall–Kier alpha value is -2.73. The van der Waals surface area contributed by atoms with Crippen molar-refractivity contribution in [1.82, 2.24) is 4.90 Å². The Morgan fingerprint density at radius 1 is 1.25 bits per heavy atom. The number of allylic oxidation sites excluding steroid dienone is 2. The lowest BCUT2D eigenvalue weighted by atomic mass is 9.81. The largest absolute Gasteiger partial charge is 0.447 e. The first kappa shape index (κ1) is 17.6. The van der Waals surface area contributed by atoms with E-state index in [4.69, 9.17) is 9.47 Å². The predicted octanol–water partition coefficient (Wildman–Crippen LogP) is 1.65. The summed E-state index contributed by atoms with van der Waals surface area (Å²) in [6, 6.07) is -0.704. The number of hydrogen-bond donors (Lipinski definition) is 0. The molecule has 126 valence electrons. The molecule has 1 aliphatic heterocycles. The molecule has 0 bridgehead atoms. The summed E-state index contributed by atoms with van der Waals surface area (Å²) in [6.07, 6.45) is 1.66. The first-order valence-corrected chi connectivity index (χ1v) is 7.58. The van der Waals surface area contributed by atoms with E-state index >= 15 is 0 Å². The van der Waals surface area contributed by atoms with Crippen LogP contribution in [0.1, 0.15) is 34.1 Å². The molecule has 1 fully saturated rings. The number of fused-ring (bicyclic) bond motifs is 1. The zero-order valence-corrected chi connectivity index (χ0v) is 14.1. The van der Waals surface area contributed by atoms with E-state index in [1.807, 2.05) is 0 Å². The number of likely N-dealkylation sites (tertiary alicyclic amines) is 1. The molecule has 0 aromatic rings. The second-order valence-corrected chi connectivity index (χ2v) is 6.46. The molecular formula is C18H19NO5. The van der Waals surface area contributed by atoms with E-state index in [2.05, 4.69) is 23.7 Å². The Morgan fingerprint density at radius 2 is 1.92 bits per heavy atom. The lowest BCUT2D eigenvalue weighted by Crippen LogP contribution is -2.68. The molecule has 3 atom stereocenters. The van der Waals surface area contributed by atoms with Crippen molar-refractivity contribution in [1.29, 1.82) is 0 Å². The van der Waals surface area contributed by atoms with Crippen molar-refractivity contribution in [2.75, 3.05) is 0 Å². The first-order chi connectivity index (χ1) is 11.2. The van der Waals surface area contributed by atoms with Crippen LogP contribution in [0.4, 0.5) is 4.79 Å². The molecule has 0 N–H and O–H groups in total. The standard InChI is InChI=1S/C18H19NO5/c1-12(20)23-14-11-9-7-5-6-8-10-13-15(14)19(16(13)21)17(22)24-18(2,3)4/h5,7,13-15H,10H2,1-4H3/b7-5-. The molecule has 2 rings (SSSR count). The highest BCUT2D eigenvalue weighted by molar-refractivity contribution is 6.00. The normalized spacial score (nSPS) is 26.4. The number of β-lactam (4-membered cyclic amide) rings is 1.